The van der Waals surface area contributed by atoms with Crippen LogP contribution in [0, 0.1) is 12.8 Å². The summed E-state index contributed by atoms with van der Waals surface area (Å²) < 4.78 is 6.06. The number of nitrogens with one attached hydrogen (secondary N) is 1. The molecule has 3 heteroatoms. The topological polar surface area (TPSA) is 34.1 Å². The molecule has 100 valence electrons. The number of rotatable bonds is 3. The number of aromatic nitrogens is 1. The van der Waals surface area contributed by atoms with Crippen molar-refractivity contribution in [1.29, 1.82) is 0 Å². The van der Waals surface area contributed by atoms with E-state index in [1.807, 2.05) is 31.2 Å². The maximum Gasteiger partial charge on any atom is 0.130 e. The van der Waals surface area contributed by atoms with Crippen molar-refractivity contribution >= 4 is 10.9 Å². The number of nitrogens with zero attached hydrogens (tertiary/aromatic N) is 1. The summed E-state index contributed by atoms with van der Waals surface area (Å²) in [5.74, 6) is 1.59. The van der Waals surface area contributed by atoms with E-state index in [4.69, 9.17) is 4.74 Å². The van der Waals surface area contributed by atoms with Crippen LogP contribution in [0.15, 0.2) is 30.3 Å². The molecule has 3 rings (SSSR count). The van der Waals surface area contributed by atoms with Crippen molar-refractivity contribution < 1.29 is 4.74 Å². The predicted molar refractivity (Wildman–Crippen MR) is 77.6 cm³/mol. The van der Waals surface area contributed by atoms with Crippen molar-refractivity contribution in [2.45, 2.75) is 19.8 Å². The predicted octanol–water partition coefficient (Wildman–Crippen LogP) is 2.92. The van der Waals surface area contributed by atoms with Gasteiger partial charge in [-0.15, -0.1) is 0 Å². The average Bonchev–Trinajstić information content (AvgIpc) is 2.45. The Morgan fingerprint density at radius 1 is 1.37 bits per heavy atom. The van der Waals surface area contributed by atoms with Crippen molar-refractivity contribution in [2.24, 2.45) is 5.92 Å². The second kappa shape index (κ2) is 5.57. The molecule has 0 radical (unpaired) electrons. The Labute approximate surface area is 114 Å². The Bertz CT molecular complexity index is 562. The molecule has 0 aliphatic carbocycles. The lowest BCUT2D eigenvalue weighted by Gasteiger charge is -2.23. The zero-order chi connectivity index (χ0) is 13.1. The molecule has 1 N–H and O–H groups in total. The van der Waals surface area contributed by atoms with Gasteiger partial charge in [-0.25, -0.2) is 0 Å². The van der Waals surface area contributed by atoms with Gasteiger partial charge >= 0.3 is 0 Å². The maximum absolute atomic E-state index is 6.06. The Morgan fingerprint density at radius 2 is 2.26 bits per heavy atom. The van der Waals surface area contributed by atoms with Crippen molar-refractivity contribution in [2.75, 3.05) is 19.7 Å². The molecule has 1 atom stereocenters. The number of para-hydroxylation sites is 1. The van der Waals surface area contributed by atoms with Gasteiger partial charge in [0, 0.05) is 29.6 Å². The molecule has 1 aliphatic rings. The van der Waals surface area contributed by atoms with E-state index in [1.165, 1.54) is 12.8 Å². The van der Waals surface area contributed by atoms with Crippen molar-refractivity contribution in [3.8, 4) is 5.75 Å². The summed E-state index contributed by atoms with van der Waals surface area (Å²) in [6, 6.07) is 10.2. The van der Waals surface area contributed by atoms with Gasteiger partial charge in [0.05, 0.1) is 12.1 Å². The van der Waals surface area contributed by atoms with Crippen molar-refractivity contribution in [1.82, 2.24) is 10.3 Å². The SMILES string of the molecule is Cc1cc(OCC2CCCNC2)c2ccccc2n1. The van der Waals surface area contributed by atoms with Crippen LogP contribution in [-0.4, -0.2) is 24.7 Å². The number of pyridine rings is 1. The van der Waals surface area contributed by atoms with Crippen LogP contribution in [-0.2, 0) is 0 Å². The molecule has 1 aliphatic heterocycles. The van der Waals surface area contributed by atoms with Gasteiger partial charge in [-0.1, -0.05) is 12.1 Å². The van der Waals surface area contributed by atoms with Crippen molar-refractivity contribution in [3.05, 3.63) is 36.0 Å². The summed E-state index contributed by atoms with van der Waals surface area (Å²) in [6.07, 6.45) is 2.51. The number of fused-ring (bicyclic) bond motifs is 1. The molecule has 0 spiro atoms. The first-order valence-electron chi connectivity index (χ1n) is 7.03. The van der Waals surface area contributed by atoms with Gasteiger partial charge in [-0.3, -0.25) is 4.98 Å². The molecule has 1 aromatic heterocycles. The minimum absolute atomic E-state index is 0.626. The Kier molecular flexibility index (Phi) is 3.65. The number of piperidine rings is 1. The molecular weight excluding hydrogens is 236 g/mol. The molecule has 1 fully saturated rings. The van der Waals surface area contributed by atoms with Crippen LogP contribution in [0.2, 0.25) is 0 Å². The smallest absolute Gasteiger partial charge is 0.130 e. The minimum atomic E-state index is 0.626. The van der Waals surface area contributed by atoms with E-state index < -0.39 is 0 Å². The molecule has 3 nitrogen and oxygen atoms in total. The van der Waals surface area contributed by atoms with E-state index >= 15 is 0 Å². The monoisotopic (exact) mass is 256 g/mol. The van der Waals surface area contributed by atoms with E-state index in [0.29, 0.717) is 5.92 Å². The maximum atomic E-state index is 6.06. The van der Waals surface area contributed by atoms with E-state index in [2.05, 4.69) is 16.4 Å². The fourth-order valence-electron chi connectivity index (χ4n) is 2.66. The van der Waals surface area contributed by atoms with Crippen LogP contribution in [0.4, 0.5) is 0 Å². The lowest BCUT2D eigenvalue weighted by Crippen LogP contribution is -2.33. The normalized spacial score (nSPS) is 19.5. The van der Waals surface area contributed by atoms with Gasteiger partial charge in [-0.2, -0.15) is 0 Å². The quantitative estimate of drug-likeness (QED) is 0.917. The summed E-state index contributed by atoms with van der Waals surface area (Å²) in [7, 11) is 0. The largest absolute Gasteiger partial charge is 0.492 e. The summed E-state index contributed by atoms with van der Waals surface area (Å²) >= 11 is 0. The summed E-state index contributed by atoms with van der Waals surface area (Å²) in [4.78, 5) is 4.54. The van der Waals surface area contributed by atoms with Crippen LogP contribution in [0.1, 0.15) is 18.5 Å². The fourth-order valence-corrected chi connectivity index (χ4v) is 2.66. The first kappa shape index (κ1) is 12.4. The van der Waals surface area contributed by atoms with Crippen LogP contribution in [0.3, 0.4) is 0 Å². The second-order valence-corrected chi connectivity index (χ2v) is 5.30. The van der Waals surface area contributed by atoms with Gasteiger partial charge in [0.1, 0.15) is 5.75 Å². The van der Waals surface area contributed by atoms with Gasteiger partial charge in [0.25, 0.3) is 0 Å². The number of aryl methyl sites for hydroxylation is 1. The zero-order valence-electron chi connectivity index (χ0n) is 11.4. The van der Waals surface area contributed by atoms with E-state index in [0.717, 1.165) is 42.0 Å². The van der Waals surface area contributed by atoms with E-state index in [-0.39, 0.29) is 0 Å². The number of hydrogen-bond donors (Lipinski definition) is 1. The lowest BCUT2D eigenvalue weighted by molar-refractivity contribution is 0.220. The number of ether oxygens (including phenoxy) is 1. The van der Waals surface area contributed by atoms with Crippen LogP contribution in [0.25, 0.3) is 10.9 Å². The third kappa shape index (κ3) is 2.87. The molecule has 19 heavy (non-hydrogen) atoms. The minimum Gasteiger partial charge on any atom is -0.492 e. The van der Waals surface area contributed by atoms with Crippen LogP contribution in [0.5, 0.6) is 5.75 Å². The zero-order valence-corrected chi connectivity index (χ0v) is 11.4. The Morgan fingerprint density at radius 3 is 3.11 bits per heavy atom. The molecule has 2 heterocycles. The number of hydrogen-bond acceptors (Lipinski definition) is 3. The first-order valence-corrected chi connectivity index (χ1v) is 7.03. The Hall–Kier alpha value is -1.61. The first-order chi connectivity index (χ1) is 9.33. The van der Waals surface area contributed by atoms with Crippen LogP contribution >= 0.6 is 0 Å². The molecule has 1 saturated heterocycles. The molecule has 1 unspecified atom stereocenters. The van der Waals surface area contributed by atoms with Gasteiger partial charge in [-0.05, 0) is 38.4 Å². The van der Waals surface area contributed by atoms with Gasteiger partial charge in [0.2, 0.25) is 0 Å². The highest BCUT2D eigenvalue weighted by Crippen LogP contribution is 2.26. The molecule has 0 bridgehead atoms. The summed E-state index contributed by atoms with van der Waals surface area (Å²) in [6.45, 7) is 5.03. The fraction of sp³-hybridized carbons (Fsp3) is 0.438. The molecule has 1 aromatic carbocycles. The molecule has 0 amide bonds. The van der Waals surface area contributed by atoms with Crippen molar-refractivity contribution in [3.63, 3.8) is 0 Å². The highest BCUT2D eigenvalue weighted by Gasteiger charge is 2.14. The molecule has 0 saturated carbocycles. The van der Waals surface area contributed by atoms with Crippen LogP contribution < -0.4 is 10.1 Å². The third-order valence-corrected chi connectivity index (χ3v) is 3.68. The average molecular weight is 256 g/mol. The standard InChI is InChI=1S/C16H20N2O/c1-12-9-16(14-6-2-3-7-15(14)18-12)19-11-13-5-4-8-17-10-13/h2-3,6-7,9,13,17H,4-5,8,10-11H2,1H3. The summed E-state index contributed by atoms with van der Waals surface area (Å²) in [5.41, 5.74) is 2.02. The highest BCUT2D eigenvalue weighted by molar-refractivity contribution is 5.85. The van der Waals surface area contributed by atoms with Gasteiger partial charge < -0.3 is 10.1 Å². The second-order valence-electron chi connectivity index (χ2n) is 5.30. The lowest BCUT2D eigenvalue weighted by atomic mass is 10.0. The summed E-state index contributed by atoms with van der Waals surface area (Å²) in [5, 5.41) is 4.54. The number of benzene rings is 1. The van der Waals surface area contributed by atoms with E-state index in [9.17, 15) is 0 Å². The van der Waals surface area contributed by atoms with E-state index in [1.54, 1.807) is 0 Å². The molecular formula is C16H20N2O. The third-order valence-electron chi connectivity index (χ3n) is 3.68. The highest BCUT2D eigenvalue weighted by atomic mass is 16.5. The molecule has 2 aromatic rings. The van der Waals surface area contributed by atoms with Gasteiger partial charge in [0.15, 0.2) is 0 Å². The Balaban J connectivity index is 1.79.